The molecular formula is C15H19NO3. The van der Waals surface area contributed by atoms with Gasteiger partial charge in [0, 0.05) is 6.42 Å². The van der Waals surface area contributed by atoms with Gasteiger partial charge in [0.05, 0.1) is 12.5 Å². The van der Waals surface area contributed by atoms with Crippen LogP contribution < -0.4 is 10.1 Å². The molecule has 2 rings (SSSR count). The third-order valence-electron chi connectivity index (χ3n) is 3.05. The summed E-state index contributed by atoms with van der Waals surface area (Å²) >= 11 is 0. The molecule has 0 saturated carbocycles. The van der Waals surface area contributed by atoms with Gasteiger partial charge in [-0.15, -0.1) is 0 Å². The molecule has 4 heteroatoms. The minimum Gasteiger partial charge on any atom is -0.493 e. The molecule has 4 nitrogen and oxygen atoms in total. The van der Waals surface area contributed by atoms with Gasteiger partial charge in [0.1, 0.15) is 5.75 Å². The van der Waals surface area contributed by atoms with Crippen LogP contribution in [0.2, 0.25) is 0 Å². The Hall–Kier alpha value is -1.84. The summed E-state index contributed by atoms with van der Waals surface area (Å²) < 4.78 is 5.60. The molecule has 0 aliphatic carbocycles. The molecule has 1 aromatic rings. The number of nitrogens with one attached hydrogen (secondary N) is 1. The van der Waals surface area contributed by atoms with Crippen molar-refractivity contribution in [3.05, 3.63) is 29.8 Å². The summed E-state index contributed by atoms with van der Waals surface area (Å²) in [6.45, 7) is 4.90. The van der Waals surface area contributed by atoms with Crippen molar-refractivity contribution in [1.29, 1.82) is 0 Å². The van der Waals surface area contributed by atoms with E-state index in [-0.39, 0.29) is 17.7 Å². The second-order valence-electron chi connectivity index (χ2n) is 5.37. The van der Waals surface area contributed by atoms with Crippen LogP contribution in [-0.4, -0.2) is 18.4 Å². The van der Waals surface area contributed by atoms with Gasteiger partial charge in [-0.2, -0.15) is 0 Å². The normalized spacial score (nSPS) is 18.8. The maximum Gasteiger partial charge on any atom is 0.230 e. The minimum atomic E-state index is -0.227. The molecule has 0 radical (unpaired) electrons. The molecule has 1 aliphatic rings. The van der Waals surface area contributed by atoms with Crippen LogP contribution in [0.25, 0.3) is 0 Å². The average molecular weight is 261 g/mol. The first-order valence-electron chi connectivity index (χ1n) is 6.60. The Labute approximate surface area is 113 Å². The van der Waals surface area contributed by atoms with Gasteiger partial charge in [-0.25, -0.2) is 0 Å². The maximum absolute atomic E-state index is 11.5. The van der Waals surface area contributed by atoms with Gasteiger partial charge in [0.2, 0.25) is 11.8 Å². The van der Waals surface area contributed by atoms with E-state index in [9.17, 15) is 9.59 Å². The van der Waals surface area contributed by atoms with E-state index in [1.807, 2.05) is 24.3 Å². The standard InChI is InChI=1S/C15H19NO3/c1-10(2)9-19-13-5-3-11(4-6-13)7-12-8-14(17)16-15(12)18/h3-6,10,12H,7-9H2,1-2H3,(H,16,17,18). The van der Waals surface area contributed by atoms with Crippen LogP contribution in [0.5, 0.6) is 5.75 Å². The minimum absolute atomic E-state index is 0.162. The first-order chi connectivity index (χ1) is 9.04. The summed E-state index contributed by atoms with van der Waals surface area (Å²) in [5, 5.41) is 2.33. The smallest absolute Gasteiger partial charge is 0.230 e. The van der Waals surface area contributed by atoms with E-state index in [0.29, 0.717) is 25.4 Å². The summed E-state index contributed by atoms with van der Waals surface area (Å²) in [6, 6.07) is 7.72. The molecule has 1 atom stereocenters. The fourth-order valence-corrected chi connectivity index (χ4v) is 2.04. The van der Waals surface area contributed by atoms with Gasteiger partial charge in [0.15, 0.2) is 0 Å². The van der Waals surface area contributed by atoms with Crippen molar-refractivity contribution in [3.8, 4) is 5.75 Å². The number of amides is 2. The van der Waals surface area contributed by atoms with Crippen molar-refractivity contribution in [2.24, 2.45) is 11.8 Å². The zero-order valence-corrected chi connectivity index (χ0v) is 11.3. The molecule has 1 aliphatic heterocycles. The summed E-state index contributed by atoms with van der Waals surface area (Å²) in [5.41, 5.74) is 1.05. The van der Waals surface area contributed by atoms with Crippen molar-refractivity contribution in [3.63, 3.8) is 0 Å². The lowest BCUT2D eigenvalue weighted by molar-refractivity contribution is -0.125. The Balaban J connectivity index is 1.91. The monoisotopic (exact) mass is 261 g/mol. The van der Waals surface area contributed by atoms with E-state index in [1.165, 1.54) is 0 Å². The average Bonchev–Trinajstić information content (AvgIpc) is 2.67. The topological polar surface area (TPSA) is 55.4 Å². The molecule has 0 bridgehead atoms. The molecule has 1 N–H and O–H groups in total. The molecule has 2 amide bonds. The molecule has 1 fully saturated rings. The number of benzene rings is 1. The number of hydrogen-bond acceptors (Lipinski definition) is 3. The van der Waals surface area contributed by atoms with E-state index in [0.717, 1.165) is 11.3 Å². The lowest BCUT2D eigenvalue weighted by Gasteiger charge is -2.10. The van der Waals surface area contributed by atoms with Crippen LogP contribution in [-0.2, 0) is 16.0 Å². The SMILES string of the molecule is CC(C)COc1ccc(CC2CC(=O)NC2=O)cc1. The summed E-state index contributed by atoms with van der Waals surface area (Å²) in [6.07, 6.45) is 0.895. The van der Waals surface area contributed by atoms with E-state index in [2.05, 4.69) is 19.2 Å². The van der Waals surface area contributed by atoms with Gasteiger partial charge >= 0.3 is 0 Å². The highest BCUT2D eigenvalue weighted by molar-refractivity contribution is 6.03. The summed E-state index contributed by atoms with van der Waals surface area (Å²) in [7, 11) is 0. The zero-order chi connectivity index (χ0) is 13.8. The molecule has 1 unspecified atom stereocenters. The van der Waals surface area contributed by atoms with Crippen molar-refractivity contribution in [2.45, 2.75) is 26.7 Å². The number of carbonyl (C=O) groups excluding carboxylic acids is 2. The molecule has 1 heterocycles. The molecular weight excluding hydrogens is 242 g/mol. The fraction of sp³-hybridized carbons (Fsp3) is 0.467. The fourth-order valence-electron chi connectivity index (χ4n) is 2.04. The third-order valence-corrected chi connectivity index (χ3v) is 3.05. The number of carbonyl (C=O) groups is 2. The first kappa shape index (κ1) is 13.6. The van der Waals surface area contributed by atoms with E-state index in [4.69, 9.17) is 4.74 Å². The third kappa shape index (κ3) is 3.81. The molecule has 1 aromatic carbocycles. The van der Waals surface area contributed by atoms with E-state index < -0.39 is 0 Å². The number of imide groups is 1. The van der Waals surface area contributed by atoms with Crippen LogP contribution in [0.4, 0.5) is 0 Å². The van der Waals surface area contributed by atoms with Crippen LogP contribution in [0.3, 0.4) is 0 Å². The molecule has 0 spiro atoms. The zero-order valence-electron chi connectivity index (χ0n) is 11.3. The van der Waals surface area contributed by atoms with Crippen molar-refractivity contribution in [1.82, 2.24) is 5.32 Å². The van der Waals surface area contributed by atoms with Crippen LogP contribution in [0.15, 0.2) is 24.3 Å². The Bertz CT molecular complexity index is 465. The Morgan fingerprint density at radius 3 is 2.47 bits per heavy atom. The summed E-state index contributed by atoms with van der Waals surface area (Å²) in [4.78, 5) is 22.6. The summed E-state index contributed by atoms with van der Waals surface area (Å²) in [5.74, 6) is 0.768. The second-order valence-corrected chi connectivity index (χ2v) is 5.37. The lowest BCUT2D eigenvalue weighted by Crippen LogP contribution is -2.22. The predicted octanol–water partition coefficient (Wildman–Crippen LogP) is 1.93. The number of ether oxygens (including phenoxy) is 1. The predicted molar refractivity (Wildman–Crippen MR) is 71.7 cm³/mol. The van der Waals surface area contributed by atoms with E-state index in [1.54, 1.807) is 0 Å². The van der Waals surface area contributed by atoms with Gasteiger partial charge in [-0.1, -0.05) is 26.0 Å². The second kappa shape index (κ2) is 5.87. The quantitative estimate of drug-likeness (QED) is 0.824. The highest BCUT2D eigenvalue weighted by atomic mass is 16.5. The van der Waals surface area contributed by atoms with Crippen LogP contribution >= 0.6 is 0 Å². The molecule has 19 heavy (non-hydrogen) atoms. The Morgan fingerprint density at radius 2 is 1.95 bits per heavy atom. The van der Waals surface area contributed by atoms with Gasteiger partial charge in [0.25, 0.3) is 0 Å². The molecule has 0 aromatic heterocycles. The molecule has 102 valence electrons. The van der Waals surface area contributed by atoms with Crippen molar-refractivity contribution < 1.29 is 14.3 Å². The van der Waals surface area contributed by atoms with Crippen molar-refractivity contribution in [2.75, 3.05) is 6.61 Å². The Morgan fingerprint density at radius 1 is 1.26 bits per heavy atom. The van der Waals surface area contributed by atoms with Gasteiger partial charge in [-0.05, 0) is 30.0 Å². The Kier molecular flexibility index (Phi) is 4.20. The largest absolute Gasteiger partial charge is 0.493 e. The van der Waals surface area contributed by atoms with Gasteiger partial charge < -0.3 is 4.74 Å². The maximum atomic E-state index is 11.5. The number of hydrogen-bond donors (Lipinski definition) is 1. The lowest BCUT2D eigenvalue weighted by atomic mass is 9.98. The van der Waals surface area contributed by atoms with Gasteiger partial charge in [-0.3, -0.25) is 14.9 Å². The highest BCUT2D eigenvalue weighted by Gasteiger charge is 2.30. The number of rotatable bonds is 5. The van der Waals surface area contributed by atoms with Crippen LogP contribution in [0.1, 0.15) is 25.8 Å². The highest BCUT2D eigenvalue weighted by Crippen LogP contribution is 2.19. The van der Waals surface area contributed by atoms with Crippen LogP contribution in [0, 0.1) is 11.8 Å². The van der Waals surface area contributed by atoms with E-state index >= 15 is 0 Å². The first-order valence-corrected chi connectivity index (χ1v) is 6.60. The van der Waals surface area contributed by atoms with Crippen molar-refractivity contribution >= 4 is 11.8 Å². The molecule has 1 saturated heterocycles.